The Hall–Kier alpha value is -2.86. The second-order valence-corrected chi connectivity index (χ2v) is 7.62. The highest BCUT2D eigenvalue weighted by Crippen LogP contribution is 2.25. The van der Waals surface area contributed by atoms with Crippen LogP contribution in [0.4, 0.5) is 0 Å². The maximum atomic E-state index is 12.3. The Labute approximate surface area is 161 Å². The zero-order chi connectivity index (χ0) is 19.0. The van der Waals surface area contributed by atoms with Gasteiger partial charge in [0.25, 0.3) is 5.56 Å². The van der Waals surface area contributed by atoms with Gasteiger partial charge in [-0.2, -0.15) is 0 Å². The van der Waals surface area contributed by atoms with E-state index >= 15 is 0 Å². The third-order valence-corrected chi connectivity index (χ3v) is 5.44. The molecule has 0 saturated carbocycles. The van der Waals surface area contributed by atoms with Gasteiger partial charge in [-0.05, 0) is 50.1 Å². The third kappa shape index (κ3) is 3.53. The lowest BCUT2D eigenvalue weighted by atomic mass is 10.1. The van der Waals surface area contributed by atoms with Crippen LogP contribution in [-0.2, 0) is 5.75 Å². The SMILES string of the molecule is Cc1ccc(-n2ccnc2SCc2cc(=O)n3ccc(C)cc3n2)c(C)c1. The highest BCUT2D eigenvalue weighted by atomic mass is 32.2. The second kappa shape index (κ2) is 7.04. The third-order valence-electron chi connectivity index (χ3n) is 4.44. The summed E-state index contributed by atoms with van der Waals surface area (Å²) in [4.78, 5) is 21.4. The van der Waals surface area contributed by atoms with Gasteiger partial charge in [-0.25, -0.2) is 9.97 Å². The van der Waals surface area contributed by atoms with Gasteiger partial charge in [0.15, 0.2) is 5.16 Å². The molecule has 0 aliphatic carbocycles. The number of hydrogen-bond acceptors (Lipinski definition) is 4. The summed E-state index contributed by atoms with van der Waals surface area (Å²) in [5.74, 6) is 0.585. The molecule has 0 bridgehead atoms. The van der Waals surface area contributed by atoms with Crippen LogP contribution in [0, 0.1) is 20.8 Å². The summed E-state index contributed by atoms with van der Waals surface area (Å²) in [5, 5.41) is 0.883. The molecule has 0 unspecified atom stereocenters. The van der Waals surface area contributed by atoms with Crippen molar-refractivity contribution in [2.24, 2.45) is 0 Å². The van der Waals surface area contributed by atoms with Crippen LogP contribution in [0.3, 0.4) is 0 Å². The first-order chi connectivity index (χ1) is 13.0. The van der Waals surface area contributed by atoms with Gasteiger partial charge in [0.1, 0.15) is 5.65 Å². The molecule has 6 heteroatoms. The number of imidazole rings is 1. The van der Waals surface area contributed by atoms with Crippen molar-refractivity contribution >= 4 is 17.4 Å². The molecule has 136 valence electrons. The summed E-state index contributed by atoms with van der Waals surface area (Å²) in [6.07, 6.45) is 5.53. The maximum Gasteiger partial charge on any atom is 0.258 e. The summed E-state index contributed by atoms with van der Waals surface area (Å²) in [5.41, 5.74) is 6.00. The van der Waals surface area contributed by atoms with Crippen molar-refractivity contribution < 1.29 is 0 Å². The van der Waals surface area contributed by atoms with Crippen LogP contribution in [0.1, 0.15) is 22.4 Å². The second-order valence-electron chi connectivity index (χ2n) is 6.68. The molecule has 0 aliphatic heterocycles. The van der Waals surface area contributed by atoms with Crippen LogP contribution in [0.2, 0.25) is 0 Å². The number of rotatable bonds is 4. The fourth-order valence-corrected chi connectivity index (χ4v) is 3.98. The Morgan fingerprint density at radius 3 is 2.63 bits per heavy atom. The molecule has 0 aliphatic rings. The average molecular weight is 376 g/mol. The summed E-state index contributed by atoms with van der Waals surface area (Å²) in [7, 11) is 0. The Kier molecular flexibility index (Phi) is 4.58. The van der Waals surface area contributed by atoms with Crippen LogP contribution in [0.25, 0.3) is 11.3 Å². The molecule has 4 rings (SSSR count). The van der Waals surface area contributed by atoms with Crippen LogP contribution >= 0.6 is 11.8 Å². The Morgan fingerprint density at radius 2 is 1.81 bits per heavy atom. The van der Waals surface area contributed by atoms with E-state index in [4.69, 9.17) is 0 Å². The molecule has 27 heavy (non-hydrogen) atoms. The van der Waals surface area contributed by atoms with E-state index in [2.05, 4.69) is 46.6 Å². The molecule has 4 aromatic rings. The molecule has 0 atom stereocenters. The van der Waals surface area contributed by atoms with Gasteiger partial charge in [-0.15, -0.1) is 0 Å². The number of pyridine rings is 1. The van der Waals surface area contributed by atoms with E-state index < -0.39 is 0 Å². The largest absolute Gasteiger partial charge is 0.295 e. The number of fused-ring (bicyclic) bond motifs is 1. The Balaban J connectivity index is 1.63. The van der Waals surface area contributed by atoms with E-state index in [1.807, 2.05) is 25.3 Å². The first-order valence-corrected chi connectivity index (χ1v) is 9.72. The van der Waals surface area contributed by atoms with Crippen molar-refractivity contribution in [1.29, 1.82) is 0 Å². The van der Waals surface area contributed by atoms with Crippen molar-refractivity contribution in [3.63, 3.8) is 0 Å². The molecule has 3 heterocycles. The molecule has 0 fully saturated rings. The number of aryl methyl sites for hydroxylation is 3. The zero-order valence-electron chi connectivity index (χ0n) is 15.5. The fraction of sp³-hybridized carbons (Fsp3) is 0.190. The lowest BCUT2D eigenvalue weighted by molar-refractivity contribution is 0.885. The number of benzene rings is 1. The fourth-order valence-electron chi connectivity index (χ4n) is 3.12. The number of thioether (sulfide) groups is 1. The smallest absolute Gasteiger partial charge is 0.258 e. The Bertz CT molecular complexity index is 1190. The molecule has 0 radical (unpaired) electrons. The normalized spacial score (nSPS) is 11.2. The van der Waals surface area contributed by atoms with Crippen LogP contribution < -0.4 is 5.56 Å². The van der Waals surface area contributed by atoms with Crippen molar-refractivity contribution in [3.05, 3.63) is 87.7 Å². The zero-order valence-corrected chi connectivity index (χ0v) is 16.3. The predicted octanol–water partition coefficient (Wildman–Crippen LogP) is 4.10. The monoisotopic (exact) mass is 376 g/mol. The molecule has 0 saturated heterocycles. The number of nitrogens with zero attached hydrogens (tertiary/aromatic N) is 4. The van der Waals surface area contributed by atoms with Gasteiger partial charge < -0.3 is 0 Å². The molecule has 0 N–H and O–H groups in total. The molecular formula is C21H20N4OS. The van der Waals surface area contributed by atoms with Gasteiger partial charge in [0, 0.05) is 30.4 Å². The minimum Gasteiger partial charge on any atom is -0.295 e. The summed E-state index contributed by atoms with van der Waals surface area (Å²) in [6, 6.07) is 11.8. The minimum absolute atomic E-state index is 0.0617. The van der Waals surface area contributed by atoms with Gasteiger partial charge in [0.2, 0.25) is 0 Å². The van der Waals surface area contributed by atoms with E-state index in [-0.39, 0.29) is 5.56 Å². The summed E-state index contributed by atoms with van der Waals surface area (Å²) < 4.78 is 3.65. The average Bonchev–Trinajstić information content (AvgIpc) is 3.08. The van der Waals surface area contributed by atoms with Crippen LogP contribution in [0.15, 0.2) is 64.9 Å². The van der Waals surface area contributed by atoms with E-state index in [0.717, 1.165) is 22.1 Å². The van der Waals surface area contributed by atoms with Gasteiger partial charge in [-0.3, -0.25) is 13.8 Å². The molecule has 0 spiro atoms. The Morgan fingerprint density at radius 1 is 1.00 bits per heavy atom. The van der Waals surface area contributed by atoms with Gasteiger partial charge in [-0.1, -0.05) is 29.5 Å². The van der Waals surface area contributed by atoms with E-state index in [1.54, 1.807) is 34.6 Å². The molecule has 3 aromatic heterocycles. The van der Waals surface area contributed by atoms with Crippen LogP contribution in [0.5, 0.6) is 0 Å². The van der Waals surface area contributed by atoms with E-state index in [9.17, 15) is 4.79 Å². The predicted molar refractivity (Wildman–Crippen MR) is 109 cm³/mol. The molecular weight excluding hydrogens is 356 g/mol. The quantitative estimate of drug-likeness (QED) is 0.503. The topological polar surface area (TPSA) is 52.2 Å². The van der Waals surface area contributed by atoms with Crippen molar-refractivity contribution in [2.45, 2.75) is 31.7 Å². The number of hydrogen-bond donors (Lipinski definition) is 0. The standard InChI is InChI=1S/C21H20N4OS/c1-14-4-5-18(16(3)10-14)24-9-7-22-21(24)27-13-17-12-20(26)25-8-6-15(2)11-19(25)23-17/h4-12H,13H2,1-3H3. The summed E-state index contributed by atoms with van der Waals surface area (Å²) in [6.45, 7) is 6.19. The highest BCUT2D eigenvalue weighted by Gasteiger charge is 2.10. The molecule has 1 aromatic carbocycles. The number of aromatic nitrogens is 4. The van der Waals surface area contributed by atoms with E-state index in [1.165, 1.54) is 11.1 Å². The molecule has 0 amide bonds. The molecule has 5 nitrogen and oxygen atoms in total. The lowest BCUT2D eigenvalue weighted by Gasteiger charge is -2.11. The minimum atomic E-state index is -0.0617. The summed E-state index contributed by atoms with van der Waals surface area (Å²) >= 11 is 1.58. The van der Waals surface area contributed by atoms with Crippen molar-refractivity contribution in [2.75, 3.05) is 0 Å². The maximum absolute atomic E-state index is 12.3. The van der Waals surface area contributed by atoms with Gasteiger partial charge in [0.05, 0.1) is 11.4 Å². The van der Waals surface area contributed by atoms with E-state index in [0.29, 0.717) is 11.4 Å². The van der Waals surface area contributed by atoms with Gasteiger partial charge >= 0.3 is 0 Å². The first kappa shape index (κ1) is 17.5. The van der Waals surface area contributed by atoms with Crippen molar-refractivity contribution in [1.82, 2.24) is 18.9 Å². The lowest BCUT2D eigenvalue weighted by Crippen LogP contribution is -2.15. The van der Waals surface area contributed by atoms with Crippen LogP contribution in [-0.4, -0.2) is 18.9 Å². The van der Waals surface area contributed by atoms with Crippen molar-refractivity contribution in [3.8, 4) is 5.69 Å². The highest BCUT2D eigenvalue weighted by molar-refractivity contribution is 7.98. The first-order valence-electron chi connectivity index (χ1n) is 8.74.